The van der Waals surface area contributed by atoms with Gasteiger partial charge in [-0.2, -0.15) is 0 Å². The Kier molecular flexibility index (Phi) is 4.05. The number of aromatic nitrogens is 1. The van der Waals surface area contributed by atoms with E-state index in [2.05, 4.69) is 28.6 Å². The molecule has 1 aliphatic heterocycles. The number of rotatable bonds is 3. The first-order valence-corrected chi connectivity index (χ1v) is 10.2. The molecule has 4 heterocycles. The first kappa shape index (κ1) is 15.1. The molecule has 0 spiro atoms. The highest BCUT2D eigenvalue weighted by Gasteiger charge is 2.33. The van der Waals surface area contributed by atoms with Gasteiger partial charge in [-0.1, -0.05) is 12.1 Å². The molecule has 0 saturated carbocycles. The van der Waals surface area contributed by atoms with E-state index in [9.17, 15) is 4.79 Å². The van der Waals surface area contributed by atoms with E-state index in [4.69, 9.17) is 0 Å². The van der Waals surface area contributed by atoms with Crippen molar-refractivity contribution < 1.29 is 4.79 Å². The topological polar surface area (TPSA) is 33.2 Å². The van der Waals surface area contributed by atoms with Gasteiger partial charge in [-0.05, 0) is 42.7 Å². The minimum absolute atomic E-state index is 0.138. The van der Waals surface area contributed by atoms with Gasteiger partial charge in [0.05, 0.1) is 16.6 Å². The number of nitrogens with zero attached hydrogens (tertiary/aromatic N) is 2. The second-order valence-electron chi connectivity index (χ2n) is 5.58. The van der Waals surface area contributed by atoms with Crippen LogP contribution in [0.3, 0.4) is 0 Å². The van der Waals surface area contributed by atoms with E-state index in [1.54, 1.807) is 22.7 Å². The molecule has 1 atom stereocenters. The van der Waals surface area contributed by atoms with Crippen LogP contribution in [0.2, 0.25) is 0 Å². The Hall–Kier alpha value is -1.50. The predicted molar refractivity (Wildman–Crippen MR) is 97.5 cm³/mol. The molecule has 0 aliphatic carbocycles. The van der Waals surface area contributed by atoms with Crippen molar-refractivity contribution in [2.75, 3.05) is 6.54 Å². The smallest absolute Gasteiger partial charge is 0.266 e. The molecule has 3 aromatic rings. The lowest BCUT2D eigenvalue weighted by atomic mass is 10.2. The van der Waals surface area contributed by atoms with Crippen LogP contribution >= 0.6 is 34.0 Å². The SMILES string of the molecule is Cc1nc(-c2cccs2)sc1C(=O)N1CCC[C@@H]1c1cccs1. The van der Waals surface area contributed by atoms with Crippen molar-refractivity contribution in [2.24, 2.45) is 0 Å². The number of thiazole rings is 1. The molecule has 1 aliphatic rings. The van der Waals surface area contributed by atoms with Gasteiger partial charge in [0.15, 0.2) is 0 Å². The summed E-state index contributed by atoms with van der Waals surface area (Å²) in [5, 5.41) is 5.08. The maximum absolute atomic E-state index is 13.1. The van der Waals surface area contributed by atoms with Crippen molar-refractivity contribution in [2.45, 2.75) is 25.8 Å². The zero-order valence-electron chi connectivity index (χ0n) is 12.7. The van der Waals surface area contributed by atoms with Crippen LogP contribution in [0.15, 0.2) is 35.0 Å². The highest BCUT2D eigenvalue weighted by atomic mass is 32.1. The number of likely N-dealkylation sites (tertiary alicyclic amines) is 1. The molecule has 118 valence electrons. The zero-order valence-corrected chi connectivity index (χ0v) is 15.1. The van der Waals surface area contributed by atoms with Gasteiger partial charge < -0.3 is 4.90 Å². The molecule has 6 heteroatoms. The average molecular weight is 361 g/mol. The Balaban J connectivity index is 1.64. The lowest BCUT2D eigenvalue weighted by Crippen LogP contribution is -2.30. The number of carbonyl (C=O) groups excluding carboxylic acids is 1. The molecule has 0 aromatic carbocycles. The second kappa shape index (κ2) is 6.19. The highest BCUT2D eigenvalue weighted by Crippen LogP contribution is 2.38. The summed E-state index contributed by atoms with van der Waals surface area (Å²) in [6.45, 7) is 2.78. The molecule has 3 nitrogen and oxygen atoms in total. The van der Waals surface area contributed by atoms with Gasteiger partial charge in [-0.3, -0.25) is 4.79 Å². The minimum atomic E-state index is 0.138. The van der Waals surface area contributed by atoms with Gasteiger partial charge in [-0.25, -0.2) is 4.98 Å². The van der Waals surface area contributed by atoms with E-state index >= 15 is 0 Å². The van der Waals surface area contributed by atoms with Crippen molar-refractivity contribution in [1.82, 2.24) is 9.88 Å². The molecule has 0 radical (unpaired) electrons. The Morgan fingerprint density at radius 3 is 2.83 bits per heavy atom. The highest BCUT2D eigenvalue weighted by molar-refractivity contribution is 7.22. The third kappa shape index (κ3) is 2.75. The molecule has 0 unspecified atom stereocenters. The third-order valence-electron chi connectivity index (χ3n) is 4.11. The maximum atomic E-state index is 13.1. The van der Waals surface area contributed by atoms with Crippen molar-refractivity contribution >= 4 is 39.9 Å². The molecule has 3 aromatic heterocycles. The molecule has 1 saturated heterocycles. The van der Waals surface area contributed by atoms with E-state index in [0.29, 0.717) is 0 Å². The lowest BCUT2D eigenvalue weighted by molar-refractivity contribution is 0.0742. The number of thiophene rings is 2. The predicted octanol–water partition coefficient (Wildman–Crippen LogP) is 5.22. The molecular weight excluding hydrogens is 344 g/mol. The summed E-state index contributed by atoms with van der Waals surface area (Å²) in [4.78, 5) is 22.9. The number of carbonyl (C=O) groups is 1. The Labute approximate surface area is 147 Å². The number of hydrogen-bond donors (Lipinski definition) is 0. The Morgan fingerprint density at radius 1 is 1.26 bits per heavy atom. The largest absolute Gasteiger partial charge is 0.330 e. The van der Waals surface area contributed by atoms with Crippen LogP contribution < -0.4 is 0 Å². The van der Waals surface area contributed by atoms with Crippen LogP contribution in [0.4, 0.5) is 0 Å². The van der Waals surface area contributed by atoms with Crippen LogP contribution in [-0.4, -0.2) is 22.3 Å². The summed E-state index contributed by atoms with van der Waals surface area (Å²) >= 11 is 4.93. The first-order valence-electron chi connectivity index (χ1n) is 7.59. The van der Waals surface area contributed by atoms with Crippen LogP contribution in [-0.2, 0) is 0 Å². The van der Waals surface area contributed by atoms with Crippen molar-refractivity contribution in [3.63, 3.8) is 0 Å². The normalized spacial score (nSPS) is 17.8. The van der Waals surface area contributed by atoms with E-state index < -0.39 is 0 Å². The van der Waals surface area contributed by atoms with E-state index in [1.807, 2.05) is 23.3 Å². The fraction of sp³-hybridized carbons (Fsp3) is 0.294. The van der Waals surface area contributed by atoms with Gasteiger partial charge in [0, 0.05) is 11.4 Å². The Morgan fingerprint density at radius 2 is 2.09 bits per heavy atom. The maximum Gasteiger partial charge on any atom is 0.266 e. The monoisotopic (exact) mass is 360 g/mol. The number of amides is 1. The summed E-state index contributed by atoms with van der Waals surface area (Å²) in [7, 11) is 0. The van der Waals surface area contributed by atoms with Crippen LogP contribution in [0.5, 0.6) is 0 Å². The van der Waals surface area contributed by atoms with E-state index in [1.165, 1.54) is 16.2 Å². The molecular formula is C17H16N2OS3. The fourth-order valence-electron chi connectivity index (χ4n) is 3.02. The summed E-state index contributed by atoms with van der Waals surface area (Å²) in [5.74, 6) is 0.138. The van der Waals surface area contributed by atoms with E-state index in [-0.39, 0.29) is 11.9 Å². The van der Waals surface area contributed by atoms with Gasteiger partial charge >= 0.3 is 0 Å². The fourth-order valence-corrected chi connectivity index (χ4v) is 5.71. The molecule has 4 rings (SSSR count). The van der Waals surface area contributed by atoms with Crippen molar-refractivity contribution in [1.29, 1.82) is 0 Å². The second-order valence-corrected chi connectivity index (χ2v) is 8.51. The molecule has 1 fully saturated rings. The standard InChI is InChI=1S/C17H16N2OS3/c1-11-15(23-16(18-11)14-7-4-10-22-14)17(20)19-8-2-5-12(19)13-6-3-9-21-13/h3-4,6-7,9-10,12H,2,5,8H2,1H3/t12-/m1/s1. The number of hydrogen-bond acceptors (Lipinski definition) is 5. The van der Waals surface area contributed by atoms with Crippen LogP contribution in [0, 0.1) is 6.92 Å². The van der Waals surface area contributed by atoms with Gasteiger partial charge in [0.2, 0.25) is 0 Å². The molecule has 23 heavy (non-hydrogen) atoms. The summed E-state index contributed by atoms with van der Waals surface area (Å²) in [5.41, 5.74) is 0.847. The van der Waals surface area contributed by atoms with E-state index in [0.717, 1.165) is 39.8 Å². The summed E-state index contributed by atoms with van der Waals surface area (Å²) < 4.78 is 0. The van der Waals surface area contributed by atoms with Gasteiger partial charge in [0.1, 0.15) is 9.88 Å². The van der Waals surface area contributed by atoms with Crippen LogP contribution in [0.25, 0.3) is 9.88 Å². The average Bonchev–Trinajstić information content (AvgIpc) is 3.31. The summed E-state index contributed by atoms with van der Waals surface area (Å²) in [6.07, 6.45) is 2.13. The van der Waals surface area contributed by atoms with Gasteiger partial charge in [0.25, 0.3) is 5.91 Å². The Bertz CT molecular complexity index is 805. The quantitative estimate of drug-likeness (QED) is 0.641. The lowest BCUT2D eigenvalue weighted by Gasteiger charge is -2.23. The van der Waals surface area contributed by atoms with Crippen LogP contribution in [0.1, 0.15) is 39.1 Å². The third-order valence-corrected chi connectivity index (χ3v) is 7.27. The molecule has 0 bridgehead atoms. The van der Waals surface area contributed by atoms with Gasteiger partial charge in [-0.15, -0.1) is 34.0 Å². The summed E-state index contributed by atoms with van der Waals surface area (Å²) in [6, 6.07) is 8.51. The number of aryl methyl sites for hydroxylation is 1. The van der Waals surface area contributed by atoms with Crippen molar-refractivity contribution in [3.05, 3.63) is 50.5 Å². The zero-order chi connectivity index (χ0) is 15.8. The van der Waals surface area contributed by atoms with Crippen molar-refractivity contribution in [3.8, 4) is 9.88 Å². The first-order chi connectivity index (χ1) is 11.2. The minimum Gasteiger partial charge on any atom is -0.330 e. The molecule has 1 amide bonds. The molecule has 0 N–H and O–H groups in total.